The number of carbonyl (C=O) groups excluding carboxylic acids is 1. The van der Waals surface area contributed by atoms with Crippen LogP contribution in [0.4, 0.5) is 5.69 Å². The number of hydrogen-bond donors (Lipinski definition) is 2. The molecule has 1 unspecified atom stereocenters. The number of nitrogens with zero attached hydrogens (tertiary/aromatic N) is 1. The first-order chi connectivity index (χ1) is 12.6. The van der Waals surface area contributed by atoms with Crippen LogP contribution in [0.3, 0.4) is 0 Å². The molecule has 27 heavy (non-hydrogen) atoms. The molecule has 0 aliphatic heterocycles. The van der Waals surface area contributed by atoms with Crippen molar-refractivity contribution in [1.29, 1.82) is 0 Å². The van der Waals surface area contributed by atoms with Gasteiger partial charge in [-0.05, 0) is 49.9 Å². The lowest BCUT2D eigenvalue weighted by Crippen LogP contribution is -2.32. The van der Waals surface area contributed by atoms with Gasteiger partial charge in [-0.2, -0.15) is 0 Å². The molecule has 0 aliphatic carbocycles. The van der Waals surface area contributed by atoms with Gasteiger partial charge in [-0.15, -0.1) is 0 Å². The van der Waals surface area contributed by atoms with Gasteiger partial charge >= 0.3 is 0 Å². The van der Waals surface area contributed by atoms with Crippen LogP contribution in [-0.4, -0.2) is 39.9 Å². The minimum Gasteiger partial charge on any atom is -0.495 e. The molecular formula is C18H22ClN3O4S. The Kier molecular flexibility index (Phi) is 6.83. The summed E-state index contributed by atoms with van der Waals surface area (Å²) in [5.41, 5.74) is 1.35. The summed E-state index contributed by atoms with van der Waals surface area (Å²) in [4.78, 5) is 14.3. The van der Waals surface area contributed by atoms with Crippen molar-refractivity contribution in [3.8, 4) is 5.75 Å². The van der Waals surface area contributed by atoms with Gasteiger partial charge < -0.3 is 10.1 Å². The molecule has 0 radical (unpaired) electrons. The fraction of sp³-hybridized carbons (Fsp3) is 0.278. The van der Waals surface area contributed by atoms with E-state index >= 15 is 0 Å². The number of sulfonamides is 1. The second-order valence-corrected chi connectivity index (χ2v) is 8.10. The standard InChI is InChI=1S/C18H22ClN3O4S/c1-12(13-4-7-15(8-5-13)27(20,24)25)22(2)11-18(23)21-16-10-14(19)6-9-17(16)26-3/h4-10,12H,11H2,1-3H3,(H,21,23)(H2,20,24,25). The van der Waals surface area contributed by atoms with E-state index in [-0.39, 0.29) is 23.4 Å². The van der Waals surface area contributed by atoms with Gasteiger partial charge in [0.05, 0.1) is 24.2 Å². The first kappa shape index (κ1) is 21.2. The minimum atomic E-state index is -3.73. The molecule has 1 atom stereocenters. The number of carbonyl (C=O) groups is 1. The van der Waals surface area contributed by atoms with Crippen molar-refractivity contribution in [2.75, 3.05) is 26.0 Å². The Morgan fingerprint density at radius 2 is 1.89 bits per heavy atom. The molecule has 2 aromatic carbocycles. The van der Waals surface area contributed by atoms with Gasteiger partial charge in [-0.3, -0.25) is 9.69 Å². The van der Waals surface area contributed by atoms with Crippen molar-refractivity contribution in [3.05, 3.63) is 53.1 Å². The van der Waals surface area contributed by atoms with Crippen LogP contribution >= 0.6 is 11.6 Å². The average molecular weight is 412 g/mol. The third kappa shape index (κ3) is 5.67. The van der Waals surface area contributed by atoms with Crippen LogP contribution in [0, 0.1) is 0 Å². The molecule has 0 aliphatic rings. The number of methoxy groups -OCH3 is 1. The van der Waals surface area contributed by atoms with Gasteiger partial charge in [0.15, 0.2) is 0 Å². The quantitative estimate of drug-likeness (QED) is 0.729. The van der Waals surface area contributed by atoms with E-state index in [4.69, 9.17) is 21.5 Å². The summed E-state index contributed by atoms with van der Waals surface area (Å²) in [6.45, 7) is 2.03. The summed E-state index contributed by atoms with van der Waals surface area (Å²) >= 11 is 5.97. The normalized spacial score (nSPS) is 12.7. The predicted molar refractivity (Wildman–Crippen MR) is 105 cm³/mol. The minimum absolute atomic E-state index is 0.0481. The van der Waals surface area contributed by atoms with Gasteiger partial charge in [-0.25, -0.2) is 13.6 Å². The van der Waals surface area contributed by atoms with Crippen molar-refractivity contribution < 1.29 is 17.9 Å². The van der Waals surface area contributed by atoms with Crippen LogP contribution in [0.25, 0.3) is 0 Å². The molecule has 146 valence electrons. The lowest BCUT2D eigenvalue weighted by molar-refractivity contribution is -0.117. The van der Waals surface area contributed by atoms with Crippen molar-refractivity contribution in [2.24, 2.45) is 5.14 Å². The Morgan fingerprint density at radius 3 is 2.44 bits per heavy atom. The van der Waals surface area contributed by atoms with Crippen LogP contribution in [0.15, 0.2) is 47.4 Å². The summed E-state index contributed by atoms with van der Waals surface area (Å²) in [6.07, 6.45) is 0. The molecule has 0 bridgehead atoms. The predicted octanol–water partition coefficient (Wildman–Crippen LogP) is 2.63. The Labute approximate surface area is 164 Å². The number of nitrogens with one attached hydrogen (secondary N) is 1. The number of amides is 1. The number of nitrogens with two attached hydrogens (primary N) is 1. The van der Waals surface area contributed by atoms with Crippen LogP contribution < -0.4 is 15.2 Å². The zero-order valence-electron chi connectivity index (χ0n) is 15.3. The molecule has 0 saturated heterocycles. The van der Waals surface area contributed by atoms with E-state index in [0.29, 0.717) is 16.5 Å². The molecule has 0 spiro atoms. The highest BCUT2D eigenvalue weighted by Crippen LogP contribution is 2.28. The maximum absolute atomic E-state index is 12.4. The second kappa shape index (κ2) is 8.71. The first-order valence-electron chi connectivity index (χ1n) is 8.08. The second-order valence-electron chi connectivity index (χ2n) is 6.10. The highest BCUT2D eigenvalue weighted by atomic mass is 35.5. The fourth-order valence-corrected chi connectivity index (χ4v) is 3.21. The summed E-state index contributed by atoms with van der Waals surface area (Å²) < 4.78 is 27.9. The molecule has 1 amide bonds. The molecule has 0 fully saturated rings. The van der Waals surface area contributed by atoms with Crippen LogP contribution in [0.5, 0.6) is 5.75 Å². The summed E-state index contributed by atoms with van der Waals surface area (Å²) in [5, 5.41) is 8.38. The molecule has 3 N–H and O–H groups in total. The maximum atomic E-state index is 12.4. The van der Waals surface area contributed by atoms with Gasteiger partial charge in [-0.1, -0.05) is 23.7 Å². The Morgan fingerprint density at radius 1 is 1.26 bits per heavy atom. The number of hydrogen-bond acceptors (Lipinski definition) is 5. The van der Waals surface area contributed by atoms with Crippen molar-refractivity contribution in [2.45, 2.75) is 17.9 Å². The Bertz CT molecular complexity index is 917. The van der Waals surface area contributed by atoms with Crippen molar-refractivity contribution in [3.63, 3.8) is 0 Å². The van der Waals surface area contributed by atoms with E-state index in [1.807, 2.05) is 11.8 Å². The van der Waals surface area contributed by atoms with Gasteiger partial charge in [0.1, 0.15) is 5.75 Å². The summed E-state index contributed by atoms with van der Waals surface area (Å²) in [6, 6.07) is 11.1. The number of rotatable bonds is 7. The van der Waals surface area contributed by atoms with Gasteiger partial charge in [0, 0.05) is 11.1 Å². The smallest absolute Gasteiger partial charge is 0.238 e. The zero-order chi connectivity index (χ0) is 20.2. The number of likely N-dealkylation sites (N-methyl/N-ethyl adjacent to an activating group) is 1. The summed E-state index contributed by atoms with van der Waals surface area (Å²) in [7, 11) is -0.419. The molecule has 0 saturated carbocycles. The topological polar surface area (TPSA) is 102 Å². The molecular weight excluding hydrogens is 390 g/mol. The molecule has 2 aromatic rings. The van der Waals surface area contributed by atoms with E-state index in [1.165, 1.54) is 19.2 Å². The maximum Gasteiger partial charge on any atom is 0.238 e. The van der Waals surface area contributed by atoms with Crippen LogP contribution in [0.2, 0.25) is 5.02 Å². The van der Waals surface area contributed by atoms with E-state index in [9.17, 15) is 13.2 Å². The van der Waals surface area contributed by atoms with E-state index < -0.39 is 10.0 Å². The van der Waals surface area contributed by atoms with E-state index in [1.54, 1.807) is 37.4 Å². The average Bonchev–Trinajstić information content (AvgIpc) is 2.60. The molecule has 9 heteroatoms. The molecule has 2 rings (SSSR count). The third-order valence-corrected chi connectivity index (χ3v) is 5.35. The van der Waals surface area contributed by atoms with Crippen LogP contribution in [-0.2, 0) is 14.8 Å². The Hall–Kier alpha value is -2.13. The molecule has 0 aromatic heterocycles. The number of halogens is 1. The number of ether oxygens (including phenoxy) is 1. The van der Waals surface area contributed by atoms with Crippen molar-refractivity contribution in [1.82, 2.24) is 4.90 Å². The molecule has 0 heterocycles. The monoisotopic (exact) mass is 411 g/mol. The lowest BCUT2D eigenvalue weighted by Gasteiger charge is -2.24. The SMILES string of the molecule is COc1ccc(Cl)cc1NC(=O)CN(C)C(C)c1ccc(S(N)(=O)=O)cc1. The highest BCUT2D eigenvalue weighted by molar-refractivity contribution is 7.89. The molecule has 7 nitrogen and oxygen atoms in total. The Balaban J connectivity index is 2.04. The highest BCUT2D eigenvalue weighted by Gasteiger charge is 2.17. The first-order valence-corrected chi connectivity index (χ1v) is 10.0. The third-order valence-electron chi connectivity index (χ3n) is 4.18. The number of anilines is 1. The van der Waals surface area contributed by atoms with Crippen LogP contribution in [0.1, 0.15) is 18.5 Å². The summed E-state index contributed by atoms with van der Waals surface area (Å²) in [5.74, 6) is 0.285. The number of benzene rings is 2. The fourth-order valence-electron chi connectivity index (χ4n) is 2.52. The number of primary sulfonamides is 1. The van der Waals surface area contributed by atoms with Gasteiger partial charge in [0.25, 0.3) is 0 Å². The zero-order valence-corrected chi connectivity index (χ0v) is 16.8. The van der Waals surface area contributed by atoms with E-state index in [0.717, 1.165) is 5.56 Å². The lowest BCUT2D eigenvalue weighted by atomic mass is 10.1. The van der Waals surface area contributed by atoms with Crippen molar-refractivity contribution >= 4 is 33.2 Å². The largest absolute Gasteiger partial charge is 0.495 e. The van der Waals surface area contributed by atoms with E-state index in [2.05, 4.69) is 5.32 Å². The van der Waals surface area contributed by atoms with Gasteiger partial charge in [0.2, 0.25) is 15.9 Å².